The minimum absolute atomic E-state index is 0.268. The number of hydrogen-bond acceptors (Lipinski definition) is 4. The molecule has 0 fully saturated rings. The van der Waals surface area contributed by atoms with Gasteiger partial charge in [-0.3, -0.25) is 0 Å². The van der Waals surface area contributed by atoms with E-state index in [9.17, 15) is 4.39 Å². The van der Waals surface area contributed by atoms with Crippen molar-refractivity contribution in [2.45, 2.75) is 6.61 Å². The molecule has 5 nitrogen and oxygen atoms in total. The second-order valence-corrected chi connectivity index (χ2v) is 4.63. The lowest BCUT2D eigenvalue weighted by atomic mass is 10.2. The fourth-order valence-corrected chi connectivity index (χ4v) is 1.86. The maximum absolute atomic E-state index is 12.8. The Balaban J connectivity index is 1.79. The number of halogens is 1. The first-order chi connectivity index (χ1) is 11.2. The van der Waals surface area contributed by atoms with Gasteiger partial charge in [0.05, 0.1) is 6.61 Å². The van der Waals surface area contributed by atoms with E-state index in [0.717, 1.165) is 11.1 Å². The number of nitrogens with one attached hydrogen (secondary N) is 1. The highest BCUT2D eigenvalue weighted by atomic mass is 19.1. The zero-order chi connectivity index (χ0) is 16.1. The summed E-state index contributed by atoms with van der Waals surface area (Å²) in [5, 5.41) is 19.0. The minimum atomic E-state index is -0.293. The van der Waals surface area contributed by atoms with Crippen LogP contribution >= 0.6 is 0 Å². The van der Waals surface area contributed by atoms with Crippen LogP contribution in [0, 0.1) is 17.7 Å². The summed E-state index contributed by atoms with van der Waals surface area (Å²) >= 11 is 0. The number of aromatic nitrogens is 3. The third-order valence-electron chi connectivity index (χ3n) is 2.98. The van der Waals surface area contributed by atoms with Gasteiger partial charge in [-0.1, -0.05) is 23.1 Å². The summed E-state index contributed by atoms with van der Waals surface area (Å²) in [6.45, 7) is -0.268. The fourth-order valence-electron chi connectivity index (χ4n) is 1.86. The van der Waals surface area contributed by atoms with Crippen molar-refractivity contribution in [3.8, 4) is 23.5 Å². The number of aromatic amines is 1. The lowest BCUT2D eigenvalue weighted by Gasteiger charge is -2.03. The first-order valence-corrected chi connectivity index (χ1v) is 6.81. The summed E-state index contributed by atoms with van der Waals surface area (Å²) in [4.78, 5) is 0. The van der Waals surface area contributed by atoms with Crippen molar-refractivity contribution in [1.82, 2.24) is 15.4 Å². The quantitative estimate of drug-likeness (QED) is 0.730. The summed E-state index contributed by atoms with van der Waals surface area (Å²) in [7, 11) is 0. The van der Waals surface area contributed by atoms with Gasteiger partial charge >= 0.3 is 0 Å². The summed E-state index contributed by atoms with van der Waals surface area (Å²) in [6, 6.07) is 13.1. The second kappa shape index (κ2) is 6.73. The zero-order valence-electron chi connectivity index (χ0n) is 12.0. The molecule has 0 atom stereocenters. The van der Waals surface area contributed by atoms with E-state index in [0.29, 0.717) is 11.4 Å². The van der Waals surface area contributed by atoms with E-state index in [1.165, 1.54) is 12.1 Å². The van der Waals surface area contributed by atoms with Crippen LogP contribution < -0.4 is 4.74 Å². The van der Waals surface area contributed by atoms with Crippen LogP contribution in [0.15, 0.2) is 48.5 Å². The minimum Gasteiger partial charge on any atom is -0.437 e. The van der Waals surface area contributed by atoms with Gasteiger partial charge in [0.1, 0.15) is 11.6 Å². The van der Waals surface area contributed by atoms with E-state index in [2.05, 4.69) is 27.3 Å². The first-order valence-electron chi connectivity index (χ1n) is 6.81. The van der Waals surface area contributed by atoms with Crippen molar-refractivity contribution < 1.29 is 14.2 Å². The molecule has 1 heterocycles. The third kappa shape index (κ3) is 3.73. The summed E-state index contributed by atoms with van der Waals surface area (Å²) in [5.74, 6) is 6.47. The Morgan fingerprint density at radius 1 is 1.09 bits per heavy atom. The molecule has 2 aromatic carbocycles. The number of aliphatic hydroxyl groups is 1. The van der Waals surface area contributed by atoms with Crippen molar-refractivity contribution in [2.75, 3.05) is 0 Å². The van der Waals surface area contributed by atoms with E-state index >= 15 is 0 Å². The van der Waals surface area contributed by atoms with Crippen LogP contribution in [-0.2, 0) is 6.61 Å². The monoisotopic (exact) mass is 309 g/mol. The average Bonchev–Trinajstić information content (AvgIpc) is 3.02. The number of rotatable bonds is 3. The summed E-state index contributed by atoms with van der Waals surface area (Å²) in [5.41, 5.74) is 1.79. The van der Waals surface area contributed by atoms with Gasteiger partial charge in [-0.05, 0) is 42.5 Å². The van der Waals surface area contributed by atoms with Crippen molar-refractivity contribution in [3.05, 3.63) is 71.2 Å². The molecule has 0 radical (unpaired) electrons. The predicted octanol–water partition coefficient (Wildman–Crippen LogP) is 2.63. The van der Waals surface area contributed by atoms with Crippen LogP contribution in [0.25, 0.3) is 0 Å². The molecule has 0 unspecified atom stereocenters. The van der Waals surface area contributed by atoms with E-state index in [1.54, 1.807) is 30.3 Å². The molecule has 0 spiro atoms. The maximum atomic E-state index is 12.8. The van der Waals surface area contributed by atoms with Gasteiger partial charge in [0.25, 0.3) is 0 Å². The predicted molar refractivity (Wildman–Crippen MR) is 81.2 cm³/mol. The molecule has 0 aliphatic rings. The zero-order valence-corrected chi connectivity index (χ0v) is 12.0. The van der Waals surface area contributed by atoms with Gasteiger partial charge in [-0.15, -0.1) is 5.10 Å². The van der Waals surface area contributed by atoms with E-state index in [4.69, 9.17) is 9.84 Å². The van der Waals surface area contributed by atoms with Crippen LogP contribution in [0.3, 0.4) is 0 Å². The first kappa shape index (κ1) is 14.8. The Morgan fingerprint density at radius 3 is 2.65 bits per heavy atom. The Bertz CT molecular complexity index is 863. The Morgan fingerprint density at radius 2 is 1.87 bits per heavy atom. The van der Waals surface area contributed by atoms with Gasteiger partial charge < -0.3 is 9.84 Å². The number of H-pyrrole nitrogens is 1. The molecular formula is C17H12FN3O2. The molecule has 0 saturated carbocycles. The van der Waals surface area contributed by atoms with E-state index in [1.807, 2.05) is 6.07 Å². The van der Waals surface area contributed by atoms with Gasteiger partial charge in [0, 0.05) is 11.1 Å². The fraction of sp³-hybridized carbons (Fsp3) is 0.0588. The maximum Gasteiger partial charge on any atom is 0.241 e. The highest BCUT2D eigenvalue weighted by molar-refractivity contribution is 5.45. The molecule has 1 aromatic heterocycles. The number of nitrogens with zero attached hydrogens (tertiary/aromatic N) is 2. The molecule has 6 heteroatoms. The van der Waals surface area contributed by atoms with Crippen LogP contribution in [0.4, 0.5) is 4.39 Å². The van der Waals surface area contributed by atoms with E-state index < -0.39 is 0 Å². The molecule has 2 N–H and O–H groups in total. The molecule has 114 valence electrons. The molecule has 0 aliphatic heterocycles. The molecule has 0 amide bonds. The highest BCUT2D eigenvalue weighted by Crippen LogP contribution is 2.22. The van der Waals surface area contributed by atoms with Crippen LogP contribution in [0.2, 0.25) is 0 Å². The average molecular weight is 309 g/mol. The lowest BCUT2D eigenvalue weighted by Crippen LogP contribution is -1.91. The molecular weight excluding hydrogens is 297 g/mol. The van der Waals surface area contributed by atoms with E-state index in [-0.39, 0.29) is 18.3 Å². The highest BCUT2D eigenvalue weighted by Gasteiger charge is 2.08. The molecule has 0 aliphatic carbocycles. The van der Waals surface area contributed by atoms with Crippen molar-refractivity contribution >= 4 is 0 Å². The second-order valence-electron chi connectivity index (χ2n) is 4.63. The Labute approximate surface area is 131 Å². The largest absolute Gasteiger partial charge is 0.437 e. The topological polar surface area (TPSA) is 71.0 Å². The number of hydrogen-bond donors (Lipinski definition) is 2. The van der Waals surface area contributed by atoms with Gasteiger partial charge in [0.15, 0.2) is 5.69 Å². The Kier molecular flexibility index (Phi) is 4.32. The van der Waals surface area contributed by atoms with Gasteiger partial charge in [-0.2, -0.15) is 0 Å². The van der Waals surface area contributed by atoms with Crippen LogP contribution in [-0.4, -0.2) is 20.5 Å². The summed E-state index contributed by atoms with van der Waals surface area (Å²) < 4.78 is 18.4. The van der Waals surface area contributed by atoms with Crippen molar-refractivity contribution in [2.24, 2.45) is 0 Å². The Hall–Kier alpha value is -3.17. The smallest absolute Gasteiger partial charge is 0.241 e. The number of benzene rings is 2. The summed E-state index contributed by atoms with van der Waals surface area (Å²) in [6.07, 6.45) is 0. The normalized spacial score (nSPS) is 10.0. The van der Waals surface area contributed by atoms with Gasteiger partial charge in [0.2, 0.25) is 5.88 Å². The van der Waals surface area contributed by atoms with Crippen molar-refractivity contribution in [1.29, 1.82) is 0 Å². The van der Waals surface area contributed by atoms with Crippen LogP contribution in [0.1, 0.15) is 16.8 Å². The molecule has 0 bridgehead atoms. The third-order valence-corrected chi connectivity index (χ3v) is 2.98. The van der Waals surface area contributed by atoms with Gasteiger partial charge in [-0.25, -0.2) is 9.49 Å². The number of ether oxygens (including phenoxy) is 1. The standard InChI is InChI=1S/C17H12FN3O2/c18-14-8-6-12(7-9-14)4-5-13-2-1-3-15(10-13)23-17-16(11-22)19-21-20-17/h1-3,6-10,22H,11H2,(H,19,20,21). The van der Waals surface area contributed by atoms with Crippen LogP contribution in [0.5, 0.6) is 11.6 Å². The van der Waals surface area contributed by atoms with Crippen molar-refractivity contribution in [3.63, 3.8) is 0 Å². The molecule has 0 saturated heterocycles. The SMILES string of the molecule is OCc1nn[nH]c1Oc1cccc(C#Cc2ccc(F)cc2)c1. The number of aliphatic hydroxyl groups excluding tert-OH is 1. The molecule has 3 aromatic rings. The molecule has 3 rings (SSSR count). The molecule has 23 heavy (non-hydrogen) atoms. The lowest BCUT2D eigenvalue weighted by molar-refractivity contribution is 0.271.